The summed E-state index contributed by atoms with van der Waals surface area (Å²) in [7, 11) is 0. The zero-order valence-electron chi connectivity index (χ0n) is 11.7. The molecule has 21 heavy (non-hydrogen) atoms. The van der Waals surface area contributed by atoms with Crippen LogP contribution < -0.4 is 0 Å². The van der Waals surface area contributed by atoms with Crippen LogP contribution in [0, 0.1) is 0 Å². The van der Waals surface area contributed by atoms with Crippen molar-refractivity contribution in [3.05, 3.63) is 0 Å². The van der Waals surface area contributed by atoms with Crippen LogP contribution in [0.25, 0.3) is 0 Å². The van der Waals surface area contributed by atoms with Gasteiger partial charge in [-0.2, -0.15) is 0 Å². The van der Waals surface area contributed by atoms with Gasteiger partial charge in [0.15, 0.2) is 11.7 Å². The molecule has 0 saturated carbocycles. The van der Waals surface area contributed by atoms with E-state index >= 15 is 0 Å². The maximum atomic E-state index is 11.9. The minimum absolute atomic E-state index is 0.304. The maximum Gasteiger partial charge on any atom is 0.303 e. The molecule has 1 heterocycles. The van der Waals surface area contributed by atoms with E-state index in [1.54, 1.807) is 0 Å². The van der Waals surface area contributed by atoms with Crippen LogP contribution in [0.4, 0.5) is 0 Å². The smallest absolute Gasteiger partial charge is 0.303 e. The Balaban J connectivity index is 2.97. The average Bonchev–Trinajstić information content (AvgIpc) is 2.35. The van der Waals surface area contributed by atoms with Gasteiger partial charge in [-0.3, -0.25) is 19.2 Å². The number of esters is 3. The molecule has 8 nitrogen and oxygen atoms in total. The predicted molar refractivity (Wildman–Crippen MR) is 67.3 cm³/mol. The monoisotopic (exact) mass is 322 g/mol. The van der Waals surface area contributed by atoms with Crippen molar-refractivity contribution in [3.63, 3.8) is 0 Å². The minimum Gasteiger partial charge on any atom is -0.463 e. The SMILES string of the molecule is CC(=O)OC[C@H]1O[C@H](Cl)C(=O)[C@@H](OC(C)=O)[C@@H]1OC(C)=O. The number of halogens is 1. The molecule has 1 aliphatic rings. The van der Waals surface area contributed by atoms with Gasteiger partial charge in [0.25, 0.3) is 0 Å². The fourth-order valence-corrected chi connectivity index (χ4v) is 2.01. The van der Waals surface area contributed by atoms with Crippen molar-refractivity contribution < 1.29 is 38.1 Å². The van der Waals surface area contributed by atoms with E-state index < -0.39 is 47.6 Å². The number of carbonyl (C=O) groups excluding carboxylic acids is 4. The Morgan fingerprint density at radius 2 is 1.67 bits per heavy atom. The zero-order chi connectivity index (χ0) is 16.2. The number of ether oxygens (including phenoxy) is 4. The average molecular weight is 323 g/mol. The second-order valence-electron chi connectivity index (χ2n) is 4.30. The third-order valence-corrected chi connectivity index (χ3v) is 2.83. The largest absolute Gasteiger partial charge is 0.463 e. The van der Waals surface area contributed by atoms with Crippen molar-refractivity contribution in [2.24, 2.45) is 0 Å². The Labute approximate surface area is 125 Å². The Bertz CT molecular complexity index is 449. The van der Waals surface area contributed by atoms with Crippen LogP contribution in [0.15, 0.2) is 0 Å². The fourth-order valence-electron chi connectivity index (χ4n) is 1.75. The van der Waals surface area contributed by atoms with Gasteiger partial charge in [-0.1, -0.05) is 11.6 Å². The molecule has 0 bridgehead atoms. The quantitative estimate of drug-likeness (QED) is 0.403. The molecule has 118 valence electrons. The number of rotatable bonds is 4. The molecular weight excluding hydrogens is 308 g/mol. The van der Waals surface area contributed by atoms with Crippen LogP contribution in [-0.2, 0) is 38.1 Å². The van der Waals surface area contributed by atoms with Crippen molar-refractivity contribution in [1.82, 2.24) is 0 Å². The van der Waals surface area contributed by atoms with Crippen LogP contribution in [0.5, 0.6) is 0 Å². The number of carbonyl (C=O) groups is 4. The summed E-state index contributed by atoms with van der Waals surface area (Å²) in [6.45, 7) is 3.08. The summed E-state index contributed by atoms with van der Waals surface area (Å²) in [6, 6.07) is 0. The molecule has 0 amide bonds. The van der Waals surface area contributed by atoms with Gasteiger partial charge in [-0.25, -0.2) is 0 Å². The van der Waals surface area contributed by atoms with Gasteiger partial charge in [0.05, 0.1) is 0 Å². The second kappa shape index (κ2) is 7.37. The van der Waals surface area contributed by atoms with Crippen LogP contribution in [-0.4, -0.2) is 54.2 Å². The van der Waals surface area contributed by atoms with Crippen LogP contribution in [0.3, 0.4) is 0 Å². The summed E-state index contributed by atoms with van der Waals surface area (Å²) in [5, 5.41) is 0. The summed E-state index contributed by atoms with van der Waals surface area (Å²) in [5.41, 5.74) is -1.40. The van der Waals surface area contributed by atoms with E-state index in [-0.39, 0.29) is 6.61 Å². The van der Waals surface area contributed by atoms with E-state index in [0.717, 1.165) is 13.8 Å². The molecule has 0 aromatic carbocycles. The Morgan fingerprint density at radius 1 is 1.10 bits per heavy atom. The van der Waals surface area contributed by atoms with E-state index in [2.05, 4.69) is 0 Å². The predicted octanol–water partition coefficient (Wildman–Crippen LogP) is -0.0543. The number of ketones is 1. The van der Waals surface area contributed by atoms with E-state index in [9.17, 15) is 19.2 Å². The lowest BCUT2D eigenvalue weighted by Crippen LogP contribution is -2.58. The third kappa shape index (κ3) is 4.98. The Morgan fingerprint density at radius 3 is 2.14 bits per heavy atom. The summed E-state index contributed by atoms with van der Waals surface area (Å²) in [6.07, 6.45) is -3.68. The van der Waals surface area contributed by atoms with Gasteiger partial charge in [-0.15, -0.1) is 0 Å². The summed E-state index contributed by atoms with van der Waals surface area (Å²) in [5.74, 6) is -2.80. The van der Waals surface area contributed by atoms with E-state index in [0.29, 0.717) is 0 Å². The molecule has 0 aromatic heterocycles. The first-order valence-corrected chi connectivity index (χ1v) is 6.47. The topological polar surface area (TPSA) is 105 Å². The van der Waals surface area contributed by atoms with Crippen molar-refractivity contribution in [2.45, 2.75) is 44.6 Å². The molecule has 9 heteroatoms. The Hall–Kier alpha value is -1.67. The van der Waals surface area contributed by atoms with Crippen molar-refractivity contribution in [1.29, 1.82) is 0 Å². The molecule has 0 aromatic rings. The maximum absolute atomic E-state index is 11.9. The molecule has 0 aliphatic carbocycles. The molecular formula is C12H15ClO8. The summed E-state index contributed by atoms with van der Waals surface area (Å²) >= 11 is 5.71. The lowest BCUT2D eigenvalue weighted by molar-refractivity contribution is -0.204. The summed E-state index contributed by atoms with van der Waals surface area (Å²) < 4.78 is 19.7. The molecule has 0 radical (unpaired) electrons. The number of hydrogen-bond donors (Lipinski definition) is 0. The van der Waals surface area contributed by atoms with Gasteiger partial charge in [0.1, 0.15) is 12.7 Å². The molecule has 1 saturated heterocycles. The lowest BCUT2D eigenvalue weighted by Gasteiger charge is -2.37. The standard InChI is InChI=1S/C12H15ClO8/c1-5(14)18-4-8-10(19-6(2)15)11(20-7(3)16)9(17)12(13)21-8/h8,10-12H,4H2,1-3H3/t8-,10-,11-,12+/m1/s1. The van der Waals surface area contributed by atoms with Gasteiger partial charge >= 0.3 is 17.9 Å². The van der Waals surface area contributed by atoms with E-state index in [1.165, 1.54) is 6.92 Å². The van der Waals surface area contributed by atoms with Crippen LogP contribution in [0.1, 0.15) is 20.8 Å². The van der Waals surface area contributed by atoms with Crippen molar-refractivity contribution >= 4 is 35.3 Å². The Kier molecular flexibility index (Phi) is 6.10. The lowest BCUT2D eigenvalue weighted by atomic mass is 10.0. The van der Waals surface area contributed by atoms with Crippen molar-refractivity contribution in [3.8, 4) is 0 Å². The highest BCUT2D eigenvalue weighted by Crippen LogP contribution is 2.25. The highest BCUT2D eigenvalue weighted by atomic mass is 35.5. The molecule has 0 unspecified atom stereocenters. The zero-order valence-corrected chi connectivity index (χ0v) is 12.4. The summed E-state index contributed by atoms with van der Waals surface area (Å²) in [4.78, 5) is 45.0. The molecule has 0 spiro atoms. The number of alkyl halides is 1. The molecule has 1 rings (SSSR count). The first kappa shape index (κ1) is 17.4. The van der Waals surface area contributed by atoms with Crippen molar-refractivity contribution in [2.75, 3.05) is 6.61 Å². The highest BCUT2D eigenvalue weighted by molar-refractivity contribution is 6.31. The molecule has 0 N–H and O–H groups in total. The van der Waals surface area contributed by atoms with Gasteiger partial charge < -0.3 is 18.9 Å². The first-order valence-electron chi connectivity index (χ1n) is 6.03. The highest BCUT2D eigenvalue weighted by Gasteiger charge is 2.49. The molecule has 4 atom stereocenters. The van der Waals surface area contributed by atoms with Crippen LogP contribution in [0.2, 0.25) is 0 Å². The fraction of sp³-hybridized carbons (Fsp3) is 0.667. The normalized spacial score (nSPS) is 28.7. The molecule has 1 aliphatic heterocycles. The third-order valence-electron chi connectivity index (χ3n) is 2.51. The van der Waals surface area contributed by atoms with Gasteiger partial charge in [-0.05, 0) is 0 Å². The molecule has 1 fully saturated rings. The van der Waals surface area contributed by atoms with Crippen LogP contribution >= 0.6 is 11.6 Å². The van der Waals surface area contributed by atoms with Gasteiger partial charge in [0.2, 0.25) is 11.9 Å². The minimum atomic E-state index is -1.41. The van der Waals surface area contributed by atoms with Gasteiger partial charge in [0, 0.05) is 20.8 Å². The first-order chi connectivity index (χ1) is 9.72. The second-order valence-corrected chi connectivity index (χ2v) is 4.70. The van der Waals surface area contributed by atoms with E-state index in [4.69, 9.17) is 30.5 Å². The number of Topliss-reactive ketones (excluding diaryl/α,β-unsaturated/α-hetero) is 1. The number of hydrogen-bond acceptors (Lipinski definition) is 8. The van der Waals surface area contributed by atoms with E-state index in [1.807, 2.05) is 0 Å².